The Bertz CT molecular complexity index is 663. The zero-order chi connectivity index (χ0) is 18.7. The van der Waals surface area contributed by atoms with Crippen LogP contribution in [0.4, 0.5) is 0 Å². The number of nitrogens with one attached hydrogen (secondary N) is 1. The third-order valence-electron chi connectivity index (χ3n) is 4.62. The predicted molar refractivity (Wildman–Crippen MR) is 101 cm³/mol. The number of halogens is 1. The SMILES string of the molecule is COC(N)[C@@H]1CC2(CN1C(=O)CNC(=O)c1ccc(I)cc1)OCCO2. The molecule has 2 heterocycles. The molecule has 2 fully saturated rings. The van der Waals surface area contributed by atoms with Gasteiger partial charge in [0.05, 0.1) is 32.3 Å². The van der Waals surface area contributed by atoms with Crippen LogP contribution >= 0.6 is 22.6 Å². The topological polar surface area (TPSA) is 103 Å². The number of amides is 2. The van der Waals surface area contributed by atoms with Gasteiger partial charge in [-0.2, -0.15) is 0 Å². The first-order valence-corrected chi connectivity index (χ1v) is 9.41. The van der Waals surface area contributed by atoms with Crippen molar-refractivity contribution in [2.45, 2.75) is 24.5 Å². The summed E-state index contributed by atoms with van der Waals surface area (Å²) in [6.45, 7) is 1.11. The molecule has 0 saturated carbocycles. The van der Waals surface area contributed by atoms with Gasteiger partial charge in [-0.25, -0.2) is 0 Å². The Morgan fingerprint density at radius 1 is 1.38 bits per heavy atom. The summed E-state index contributed by atoms with van der Waals surface area (Å²) in [5.41, 5.74) is 6.51. The van der Waals surface area contributed by atoms with Crippen molar-refractivity contribution >= 4 is 34.4 Å². The lowest BCUT2D eigenvalue weighted by Crippen LogP contribution is -2.50. The van der Waals surface area contributed by atoms with Crippen molar-refractivity contribution in [2.75, 3.05) is 33.4 Å². The summed E-state index contributed by atoms with van der Waals surface area (Å²) < 4.78 is 17.6. The minimum Gasteiger partial charge on any atom is -0.365 e. The smallest absolute Gasteiger partial charge is 0.251 e. The molecule has 1 spiro atoms. The maximum atomic E-state index is 12.7. The normalized spacial score (nSPS) is 22.6. The van der Waals surface area contributed by atoms with Gasteiger partial charge in [0.2, 0.25) is 5.91 Å². The third-order valence-corrected chi connectivity index (χ3v) is 5.34. The molecule has 26 heavy (non-hydrogen) atoms. The Kier molecular flexibility index (Phi) is 6.13. The first-order valence-electron chi connectivity index (χ1n) is 8.34. The Labute approximate surface area is 165 Å². The van der Waals surface area contributed by atoms with Crippen LogP contribution in [0.15, 0.2) is 24.3 Å². The van der Waals surface area contributed by atoms with Gasteiger partial charge in [0.15, 0.2) is 5.79 Å². The number of benzene rings is 1. The van der Waals surface area contributed by atoms with E-state index >= 15 is 0 Å². The molecule has 0 radical (unpaired) electrons. The number of carbonyl (C=O) groups is 2. The summed E-state index contributed by atoms with van der Waals surface area (Å²) in [5, 5.41) is 2.66. The van der Waals surface area contributed by atoms with Crippen molar-refractivity contribution in [2.24, 2.45) is 5.73 Å². The molecule has 0 bridgehead atoms. The standard InChI is InChI=1S/C17H22IN3O5/c1-24-15(19)13-8-17(25-6-7-26-17)10-21(13)14(22)9-20-16(23)11-2-4-12(18)5-3-11/h2-5,13,15H,6-10,19H2,1H3,(H,20,23)/t13-,15?/m0/s1. The van der Waals surface area contributed by atoms with E-state index in [1.807, 2.05) is 12.1 Å². The summed E-state index contributed by atoms with van der Waals surface area (Å²) >= 11 is 2.16. The van der Waals surface area contributed by atoms with Gasteiger partial charge in [0.1, 0.15) is 6.23 Å². The number of carbonyl (C=O) groups excluding carboxylic acids is 2. The highest BCUT2D eigenvalue weighted by atomic mass is 127. The number of nitrogens with zero attached hydrogens (tertiary/aromatic N) is 1. The number of hydrogen-bond acceptors (Lipinski definition) is 6. The molecule has 2 aliphatic heterocycles. The van der Waals surface area contributed by atoms with Crippen molar-refractivity contribution in [1.82, 2.24) is 10.2 Å². The zero-order valence-electron chi connectivity index (χ0n) is 14.4. The molecule has 1 aromatic rings. The fourth-order valence-corrected chi connectivity index (χ4v) is 3.62. The fourth-order valence-electron chi connectivity index (χ4n) is 3.26. The number of likely N-dealkylation sites (tertiary alicyclic amines) is 1. The van der Waals surface area contributed by atoms with Gasteiger partial charge < -0.3 is 30.2 Å². The molecule has 1 aromatic carbocycles. The van der Waals surface area contributed by atoms with Crippen LogP contribution in [0.3, 0.4) is 0 Å². The highest BCUT2D eigenvalue weighted by Crippen LogP contribution is 2.35. The molecule has 0 aliphatic carbocycles. The van der Waals surface area contributed by atoms with Gasteiger partial charge in [-0.1, -0.05) is 0 Å². The lowest BCUT2D eigenvalue weighted by Gasteiger charge is -2.27. The summed E-state index contributed by atoms with van der Waals surface area (Å²) in [6.07, 6.45) is -0.211. The monoisotopic (exact) mass is 475 g/mol. The zero-order valence-corrected chi connectivity index (χ0v) is 16.6. The first kappa shape index (κ1) is 19.5. The van der Waals surface area contributed by atoms with Gasteiger partial charge in [-0.3, -0.25) is 9.59 Å². The quantitative estimate of drug-likeness (QED) is 0.469. The number of hydrogen-bond donors (Lipinski definition) is 2. The predicted octanol–water partition coefficient (Wildman–Crippen LogP) is 0.296. The maximum Gasteiger partial charge on any atom is 0.251 e. The summed E-state index contributed by atoms with van der Waals surface area (Å²) in [7, 11) is 1.49. The van der Waals surface area contributed by atoms with Gasteiger partial charge in [0, 0.05) is 22.7 Å². The van der Waals surface area contributed by atoms with Crippen molar-refractivity contribution in [3.05, 3.63) is 33.4 Å². The van der Waals surface area contributed by atoms with E-state index in [-0.39, 0.29) is 30.9 Å². The van der Waals surface area contributed by atoms with Gasteiger partial charge in [-0.05, 0) is 46.9 Å². The lowest BCUT2D eigenvalue weighted by atomic mass is 10.1. The number of rotatable bonds is 5. The van der Waals surface area contributed by atoms with Crippen LogP contribution in [0, 0.1) is 3.57 Å². The second kappa shape index (κ2) is 8.17. The van der Waals surface area contributed by atoms with Crippen LogP contribution in [0.1, 0.15) is 16.8 Å². The summed E-state index contributed by atoms with van der Waals surface area (Å²) in [6, 6.07) is 6.74. The molecule has 3 rings (SSSR count). The molecule has 0 aromatic heterocycles. The van der Waals surface area contributed by atoms with E-state index in [0.29, 0.717) is 25.2 Å². The molecule has 2 saturated heterocycles. The van der Waals surface area contributed by atoms with E-state index in [4.69, 9.17) is 19.9 Å². The van der Waals surface area contributed by atoms with Crippen LogP contribution in [-0.2, 0) is 19.0 Å². The van der Waals surface area contributed by atoms with Crippen LogP contribution in [-0.4, -0.2) is 68.2 Å². The number of nitrogens with two attached hydrogens (primary N) is 1. The summed E-state index contributed by atoms with van der Waals surface area (Å²) in [5.74, 6) is -1.38. The Hall–Kier alpha value is -1.27. The van der Waals surface area contributed by atoms with Crippen molar-refractivity contribution in [1.29, 1.82) is 0 Å². The Morgan fingerprint density at radius 2 is 2.04 bits per heavy atom. The van der Waals surface area contributed by atoms with Crippen LogP contribution in [0.2, 0.25) is 0 Å². The van der Waals surface area contributed by atoms with E-state index in [2.05, 4.69) is 27.9 Å². The molecule has 1 unspecified atom stereocenters. The molecule has 142 valence electrons. The van der Waals surface area contributed by atoms with Crippen molar-refractivity contribution < 1.29 is 23.8 Å². The van der Waals surface area contributed by atoms with Crippen LogP contribution in [0.25, 0.3) is 0 Å². The molecular weight excluding hydrogens is 453 g/mol. The summed E-state index contributed by atoms with van der Waals surface area (Å²) in [4.78, 5) is 26.5. The molecule has 2 aliphatic rings. The van der Waals surface area contributed by atoms with Crippen LogP contribution < -0.4 is 11.1 Å². The molecular formula is C17H22IN3O5. The second-order valence-corrected chi connectivity index (χ2v) is 7.54. The molecule has 8 nitrogen and oxygen atoms in total. The maximum absolute atomic E-state index is 12.7. The number of methoxy groups -OCH3 is 1. The first-order chi connectivity index (χ1) is 12.4. The van der Waals surface area contributed by atoms with E-state index in [1.165, 1.54) is 7.11 Å². The molecule has 2 amide bonds. The van der Waals surface area contributed by atoms with Gasteiger partial charge >= 0.3 is 0 Å². The fraction of sp³-hybridized carbons (Fsp3) is 0.529. The van der Waals surface area contributed by atoms with E-state index in [1.54, 1.807) is 17.0 Å². The van der Waals surface area contributed by atoms with Gasteiger partial charge in [0.25, 0.3) is 5.91 Å². The number of ether oxygens (including phenoxy) is 3. The van der Waals surface area contributed by atoms with E-state index < -0.39 is 12.0 Å². The highest BCUT2D eigenvalue weighted by molar-refractivity contribution is 14.1. The molecule has 3 N–H and O–H groups in total. The van der Waals surface area contributed by atoms with Crippen molar-refractivity contribution in [3.8, 4) is 0 Å². The van der Waals surface area contributed by atoms with Gasteiger partial charge in [-0.15, -0.1) is 0 Å². The highest BCUT2D eigenvalue weighted by Gasteiger charge is 2.51. The third kappa shape index (κ3) is 4.17. The van der Waals surface area contributed by atoms with Crippen LogP contribution in [0.5, 0.6) is 0 Å². The molecule has 9 heteroatoms. The Morgan fingerprint density at radius 3 is 2.65 bits per heavy atom. The van der Waals surface area contributed by atoms with E-state index in [0.717, 1.165) is 3.57 Å². The van der Waals surface area contributed by atoms with Crippen molar-refractivity contribution in [3.63, 3.8) is 0 Å². The minimum atomic E-state index is -0.823. The largest absolute Gasteiger partial charge is 0.365 e. The molecule has 2 atom stereocenters. The average Bonchev–Trinajstić information content (AvgIpc) is 3.26. The average molecular weight is 475 g/mol. The Balaban J connectivity index is 1.63. The minimum absolute atomic E-state index is 0.131. The lowest BCUT2D eigenvalue weighted by molar-refractivity contribution is -0.152. The van der Waals surface area contributed by atoms with E-state index in [9.17, 15) is 9.59 Å². The second-order valence-electron chi connectivity index (χ2n) is 6.29.